The Kier molecular flexibility index (Phi) is 3.60. The molecule has 0 aliphatic heterocycles. The van der Waals surface area contributed by atoms with Gasteiger partial charge in [0, 0.05) is 12.4 Å². The number of pyridine rings is 1. The van der Waals surface area contributed by atoms with Gasteiger partial charge in [-0.25, -0.2) is 0 Å². The van der Waals surface area contributed by atoms with Crippen LogP contribution in [0.25, 0.3) is 0 Å². The van der Waals surface area contributed by atoms with Crippen LogP contribution in [0.5, 0.6) is 0 Å². The lowest BCUT2D eigenvalue weighted by Crippen LogP contribution is -2.22. The van der Waals surface area contributed by atoms with Gasteiger partial charge in [0.15, 0.2) is 0 Å². The summed E-state index contributed by atoms with van der Waals surface area (Å²) >= 11 is 0. The monoisotopic (exact) mass is 194 g/mol. The lowest BCUT2D eigenvalue weighted by molar-refractivity contribution is -0.137. The fraction of sp³-hybridized carbons (Fsp3) is 0.222. The Labute approximate surface area is 80.8 Å². The first kappa shape index (κ1) is 10.2. The summed E-state index contributed by atoms with van der Waals surface area (Å²) in [7, 11) is 0. The molecule has 1 atom stereocenters. The molecule has 0 fully saturated rings. The zero-order valence-electron chi connectivity index (χ0n) is 7.38. The Morgan fingerprint density at radius 3 is 2.71 bits per heavy atom. The molecule has 2 N–H and O–H groups in total. The van der Waals surface area contributed by atoms with Gasteiger partial charge >= 0.3 is 5.97 Å². The van der Waals surface area contributed by atoms with Crippen molar-refractivity contribution in [3.63, 3.8) is 0 Å². The van der Waals surface area contributed by atoms with Crippen LogP contribution in [0.1, 0.15) is 18.0 Å². The molecular formula is C9H10N2O3. The molecule has 0 bridgehead atoms. The van der Waals surface area contributed by atoms with Crippen LogP contribution in [0.2, 0.25) is 0 Å². The molecule has 1 aromatic heterocycles. The molecule has 5 heteroatoms. The molecule has 1 heterocycles. The first-order valence-corrected chi connectivity index (χ1v) is 4.05. The Morgan fingerprint density at radius 1 is 1.57 bits per heavy atom. The number of hydrogen-bond acceptors (Lipinski definition) is 3. The molecule has 0 spiro atoms. The largest absolute Gasteiger partial charge is 0.481 e. The fourth-order valence-electron chi connectivity index (χ4n) is 1.13. The summed E-state index contributed by atoms with van der Waals surface area (Å²) in [6.07, 6.45) is 3.46. The number of rotatable bonds is 5. The molecule has 0 radical (unpaired) electrons. The summed E-state index contributed by atoms with van der Waals surface area (Å²) in [4.78, 5) is 24.5. The number of carbonyl (C=O) groups excluding carboxylic acids is 1. The minimum atomic E-state index is -0.957. The van der Waals surface area contributed by atoms with Crippen molar-refractivity contribution in [2.75, 3.05) is 0 Å². The molecule has 1 aromatic rings. The second-order valence-electron chi connectivity index (χ2n) is 2.72. The maximum atomic E-state index is 10.5. The SMILES string of the molecule is O=CN[C@H](CC(=O)O)c1ccncc1. The van der Waals surface area contributed by atoms with Gasteiger partial charge in [-0.3, -0.25) is 14.6 Å². The van der Waals surface area contributed by atoms with Gasteiger partial charge in [-0.05, 0) is 17.7 Å². The van der Waals surface area contributed by atoms with E-state index in [0.29, 0.717) is 6.41 Å². The molecular weight excluding hydrogens is 184 g/mol. The van der Waals surface area contributed by atoms with E-state index in [-0.39, 0.29) is 6.42 Å². The molecule has 0 saturated carbocycles. The molecule has 0 aliphatic carbocycles. The van der Waals surface area contributed by atoms with E-state index >= 15 is 0 Å². The normalized spacial score (nSPS) is 11.7. The van der Waals surface area contributed by atoms with Crippen LogP contribution >= 0.6 is 0 Å². The summed E-state index contributed by atoms with van der Waals surface area (Å²) in [5, 5.41) is 11.0. The van der Waals surface area contributed by atoms with Crippen molar-refractivity contribution >= 4 is 12.4 Å². The zero-order chi connectivity index (χ0) is 10.4. The van der Waals surface area contributed by atoms with Crippen molar-refractivity contribution < 1.29 is 14.7 Å². The highest BCUT2D eigenvalue weighted by Gasteiger charge is 2.13. The summed E-state index contributed by atoms with van der Waals surface area (Å²) < 4.78 is 0. The zero-order valence-corrected chi connectivity index (χ0v) is 7.38. The molecule has 74 valence electrons. The van der Waals surface area contributed by atoms with E-state index in [1.165, 1.54) is 0 Å². The van der Waals surface area contributed by atoms with Crippen LogP contribution in [0.3, 0.4) is 0 Å². The van der Waals surface area contributed by atoms with E-state index < -0.39 is 12.0 Å². The first-order valence-electron chi connectivity index (χ1n) is 4.05. The number of aromatic nitrogens is 1. The van der Waals surface area contributed by atoms with Gasteiger partial charge in [-0.2, -0.15) is 0 Å². The Morgan fingerprint density at radius 2 is 2.21 bits per heavy atom. The Balaban J connectivity index is 2.77. The van der Waals surface area contributed by atoms with E-state index in [1.807, 2.05) is 0 Å². The average Bonchev–Trinajstić information content (AvgIpc) is 2.18. The second kappa shape index (κ2) is 4.96. The number of hydrogen-bond donors (Lipinski definition) is 2. The number of amides is 1. The van der Waals surface area contributed by atoms with Crippen LogP contribution < -0.4 is 5.32 Å². The fourth-order valence-corrected chi connectivity index (χ4v) is 1.13. The van der Waals surface area contributed by atoms with Gasteiger partial charge in [0.1, 0.15) is 0 Å². The van der Waals surface area contributed by atoms with Crippen LogP contribution in [0.15, 0.2) is 24.5 Å². The third kappa shape index (κ3) is 2.85. The number of nitrogens with one attached hydrogen (secondary N) is 1. The summed E-state index contributed by atoms with van der Waals surface area (Å²) in [6, 6.07) is 2.85. The lowest BCUT2D eigenvalue weighted by atomic mass is 10.1. The maximum Gasteiger partial charge on any atom is 0.305 e. The third-order valence-corrected chi connectivity index (χ3v) is 1.76. The number of aliphatic carboxylic acids is 1. The molecule has 0 aliphatic rings. The lowest BCUT2D eigenvalue weighted by Gasteiger charge is -2.13. The second-order valence-corrected chi connectivity index (χ2v) is 2.72. The third-order valence-electron chi connectivity index (χ3n) is 1.76. The van der Waals surface area contributed by atoms with E-state index in [2.05, 4.69) is 10.3 Å². The van der Waals surface area contributed by atoms with Gasteiger partial charge in [0.05, 0.1) is 12.5 Å². The molecule has 0 aromatic carbocycles. The molecule has 5 nitrogen and oxygen atoms in total. The first-order chi connectivity index (χ1) is 6.74. The van der Waals surface area contributed by atoms with Crippen LogP contribution in [0.4, 0.5) is 0 Å². The van der Waals surface area contributed by atoms with Crippen molar-refractivity contribution in [3.05, 3.63) is 30.1 Å². The highest BCUT2D eigenvalue weighted by atomic mass is 16.4. The number of carbonyl (C=O) groups is 2. The van der Waals surface area contributed by atoms with E-state index in [1.54, 1.807) is 24.5 Å². The topological polar surface area (TPSA) is 79.3 Å². The molecule has 0 saturated heterocycles. The van der Waals surface area contributed by atoms with Crippen molar-refractivity contribution in [1.29, 1.82) is 0 Å². The minimum absolute atomic E-state index is 0.136. The van der Waals surface area contributed by atoms with Crippen molar-refractivity contribution in [1.82, 2.24) is 10.3 Å². The van der Waals surface area contributed by atoms with Crippen LogP contribution in [-0.4, -0.2) is 22.5 Å². The highest BCUT2D eigenvalue weighted by Crippen LogP contribution is 2.14. The van der Waals surface area contributed by atoms with Gasteiger partial charge in [-0.1, -0.05) is 0 Å². The van der Waals surface area contributed by atoms with E-state index in [0.717, 1.165) is 5.56 Å². The van der Waals surface area contributed by atoms with Gasteiger partial charge < -0.3 is 10.4 Å². The summed E-state index contributed by atoms with van der Waals surface area (Å²) in [6.45, 7) is 0. The molecule has 1 amide bonds. The highest BCUT2D eigenvalue weighted by molar-refractivity contribution is 5.68. The van der Waals surface area contributed by atoms with Gasteiger partial charge in [0.2, 0.25) is 6.41 Å². The summed E-state index contributed by atoms with van der Waals surface area (Å²) in [5.41, 5.74) is 0.731. The number of nitrogens with zero attached hydrogens (tertiary/aromatic N) is 1. The molecule has 14 heavy (non-hydrogen) atoms. The van der Waals surface area contributed by atoms with E-state index in [4.69, 9.17) is 5.11 Å². The number of carboxylic acid groups (broad SMARTS) is 1. The van der Waals surface area contributed by atoms with E-state index in [9.17, 15) is 9.59 Å². The van der Waals surface area contributed by atoms with Gasteiger partial charge in [0.25, 0.3) is 0 Å². The number of carboxylic acids is 1. The standard InChI is InChI=1S/C9H10N2O3/c12-6-11-8(5-9(13)14)7-1-3-10-4-2-7/h1-4,6,8H,5H2,(H,11,12)(H,13,14)/t8-/m1/s1. The van der Waals surface area contributed by atoms with Crippen LogP contribution in [-0.2, 0) is 9.59 Å². The van der Waals surface area contributed by atoms with Crippen molar-refractivity contribution in [3.8, 4) is 0 Å². The van der Waals surface area contributed by atoms with Crippen LogP contribution in [0, 0.1) is 0 Å². The van der Waals surface area contributed by atoms with Crippen molar-refractivity contribution in [2.45, 2.75) is 12.5 Å². The Hall–Kier alpha value is -1.91. The molecule has 1 rings (SSSR count). The van der Waals surface area contributed by atoms with Gasteiger partial charge in [-0.15, -0.1) is 0 Å². The van der Waals surface area contributed by atoms with Crippen molar-refractivity contribution in [2.24, 2.45) is 0 Å². The Bertz CT molecular complexity index is 313. The average molecular weight is 194 g/mol. The smallest absolute Gasteiger partial charge is 0.305 e. The minimum Gasteiger partial charge on any atom is -0.481 e. The predicted molar refractivity (Wildman–Crippen MR) is 48.4 cm³/mol. The summed E-state index contributed by atoms with van der Waals surface area (Å²) in [5.74, 6) is -0.957. The molecule has 0 unspecified atom stereocenters. The predicted octanol–water partition coefficient (Wildman–Crippen LogP) is 0.343. The quantitative estimate of drug-likeness (QED) is 0.662. The maximum absolute atomic E-state index is 10.5.